The third kappa shape index (κ3) is 5.39. The van der Waals surface area contributed by atoms with E-state index in [9.17, 15) is 22.4 Å². The number of halogens is 4. The Kier molecular flexibility index (Phi) is 7.05. The largest absolute Gasteiger partial charge is 0.493 e. The molecule has 1 aliphatic rings. The normalized spacial score (nSPS) is 14.8. The number of nitrogens with one attached hydrogen (secondary N) is 1. The molecule has 11 heteroatoms. The van der Waals surface area contributed by atoms with Crippen LogP contribution in [-0.4, -0.2) is 31.4 Å². The molecule has 0 radical (unpaired) electrons. The fourth-order valence-corrected chi connectivity index (χ4v) is 3.52. The van der Waals surface area contributed by atoms with E-state index in [1.807, 2.05) is 0 Å². The molecule has 166 valence electrons. The number of rotatable bonds is 6. The summed E-state index contributed by atoms with van der Waals surface area (Å²) in [6, 6.07) is 9.07. The van der Waals surface area contributed by atoms with Crippen LogP contribution in [0.1, 0.15) is 16.7 Å². The minimum Gasteiger partial charge on any atom is -0.493 e. The van der Waals surface area contributed by atoms with Crippen molar-refractivity contribution in [3.05, 3.63) is 58.0 Å². The highest BCUT2D eigenvalue weighted by Gasteiger charge is 2.35. The van der Waals surface area contributed by atoms with Gasteiger partial charge in [0.1, 0.15) is 12.4 Å². The SMILES string of the molecule is COc1cc(/C=C2\SC(NCCF)=NC2=O)ccc1Oc1ccc(C#N)cc1C(F)(F)F. The van der Waals surface area contributed by atoms with Gasteiger partial charge in [0.2, 0.25) is 0 Å². The van der Waals surface area contributed by atoms with Crippen LogP contribution in [0.15, 0.2) is 46.3 Å². The summed E-state index contributed by atoms with van der Waals surface area (Å²) < 4.78 is 63.1. The van der Waals surface area contributed by atoms with Crippen molar-refractivity contribution in [3.63, 3.8) is 0 Å². The molecule has 0 bridgehead atoms. The van der Waals surface area contributed by atoms with Crippen molar-refractivity contribution in [1.82, 2.24) is 5.32 Å². The van der Waals surface area contributed by atoms with Crippen LogP contribution in [0.25, 0.3) is 6.08 Å². The van der Waals surface area contributed by atoms with E-state index >= 15 is 0 Å². The Bertz CT molecular complexity index is 1140. The summed E-state index contributed by atoms with van der Waals surface area (Å²) in [5.41, 5.74) is -0.731. The number of carbonyl (C=O) groups is 1. The first-order chi connectivity index (χ1) is 15.2. The number of hydrogen-bond donors (Lipinski definition) is 1. The molecule has 1 N–H and O–H groups in total. The minimum atomic E-state index is -4.73. The van der Waals surface area contributed by atoms with Crippen molar-refractivity contribution < 1.29 is 31.8 Å². The topological polar surface area (TPSA) is 83.7 Å². The highest BCUT2D eigenvalue weighted by molar-refractivity contribution is 8.18. The lowest BCUT2D eigenvalue weighted by Gasteiger charge is -2.16. The van der Waals surface area contributed by atoms with Gasteiger partial charge in [0.15, 0.2) is 16.7 Å². The molecular formula is C21H15F4N3O3S. The van der Waals surface area contributed by atoms with Crippen molar-refractivity contribution >= 4 is 28.9 Å². The second-order valence-electron chi connectivity index (χ2n) is 6.28. The zero-order valence-electron chi connectivity index (χ0n) is 16.5. The molecule has 32 heavy (non-hydrogen) atoms. The van der Waals surface area contributed by atoms with Gasteiger partial charge >= 0.3 is 6.18 Å². The van der Waals surface area contributed by atoms with Crippen LogP contribution >= 0.6 is 11.8 Å². The molecule has 0 aromatic heterocycles. The first-order valence-corrected chi connectivity index (χ1v) is 9.86. The van der Waals surface area contributed by atoms with E-state index in [1.54, 1.807) is 6.07 Å². The lowest BCUT2D eigenvalue weighted by atomic mass is 10.1. The maximum atomic E-state index is 13.4. The second kappa shape index (κ2) is 9.74. The summed E-state index contributed by atoms with van der Waals surface area (Å²) in [5.74, 6) is -0.844. The molecule has 0 atom stereocenters. The van der Waals surface area contributed by atoms with Crippen molar-refractivity contribution in [3.8, 4) is 23.3 Å². The van der Waals surface area contributed by atoms with E-state index in [0.29, 0.717) is 11.6 Å². The van der Waals surface area contributed by atoms with Gasteiger partial charge in [0.05, 0.1) is 29.2 Å². The Labute approximate surface area is 184 Å². The number of amides is 1. The first kappa shape index (κ1) is 23.1. The van der Waals surface area contributed by atoms with Gasteiger partial charge in [-0.1, -0.05) is 6.07 Å². The average Bonchev–Trinajstić information content (AvgIpc) is 3.11. The lowest BCUT2D eigenvalue weighted by molar-refractivity contribution is -0.138. The zero-order chi connectivity index (χ0) is 23.3. The number of thioether (sulfide) groups is 1. The predicted molar refractivity (Wildman–Crippen MR) is 111 cm³/mol. The third-order valence-corrected chi connectivity index (χ3v) is 5.05. The number of methoxy groups -OCH3 is 1. The molecule has 3 rings (SSSR count). The van der Waals surface area contributed by atoms with E-state index in [1.165, 1.54) is 37.5 Å². The zero-order valence-corrected chi connectivity index (χ0v) is 17.3. The fourth-order valence-electron chi connectivity index (χ4n) is 2.68. The predicted octanol–water partition coefficient (Wildman–Crippen LogP) is 4.91. The van der Waals surface area contributed by atoms with Gasteiger partial charge in [-0.25, -0.2) is 4.39 Å². The summed E-state index contributed by atoms with van der Waals surface area (Å²) in [4.78, 5) is 16.1. The van der Waals surface area contributed by atoms with E-state index in [0.717, 1.165) is 17.8 Å². The molecular weight excluding hydrogens is 450 g/mol. The Morgan fingerprint density at radius 2 is 1.94 bits per heavy atom. The number of aliphatic imine (C=N–C) groups is 1. The molecule has 0 saturated heterocycles. The van der Waals surface area contributed by atoms with Crippen LogP contribution in [0.5, 0.6) is 17.2 Å². The summed E-state index contributed by atoms with van der Waals surface area (Å²) in [6.07, 6.45) is -3.20. The van der Waals surface area contributed by atoms with Crippen LogP contribution in [-0.2, 0) is 11.0 Å². The number of amidine groups is 1. The smallest absolute Gasteiger partial charge is 0.420 e. The minimum absolute atomic E-state index is 0.0109. The molecule has 1 aliphatic heterocycles. The molecule has 0 fully saturated rings. The number of alkyl halides is 4. The Balaban J connectivity index is 1.86. The molecule has 0 unspecified atom stereocenters. The van der Waals surface area contributed by atoms with E-state index < -0.39 is 30.1 Å². The highest BCUT2D eigenvalue weighted by Crippen LogP contribution is 2.41. The highest BCUT2D eigenvalue weighted by atomic mass is 32.2. The van der Waals surface area contributed by atoms with Crippen LogP contribution in [0.2, 0.25) is 0 Å². The molecule has 0 spiro atoms. The van der Waals surface area contributed by atoms with Crippen LogP contribution in [0.3, 0.4) is 0 Å². The molecule has 2 aromatic rings. The fraction of sp³-hybridized carbons (Fsp3) is 0.190. The maximum absolute atomic E-state index is 13.4. The Hall–Kier alpha value is -3.52. The van der Waals surface area contributed by atoms with E-state index in [2.05, 4.69) is 10.3 Å². The first-order valence-electron chi connectivity index (χ1n) is 9.04. The van der Waals surface area contributed by atoms with Crippen molar-refractivity contribution in [2.45, 2.75) is 6.18 Å². The number of nitrogens with zero attached hydrogens (tertiary/aromatic N) is 2. The van der Waals surface area contributed by atoms with Crippen LogP contribution in [0.4, 0.5) is 17.6 Å². The van der Waals surface area contributed by atoms with Crippen molar-refractivity contribution in [2.75, 3.05) is 20.3 Å². The van der Waals surface area contributed by atoms with Gasteiger partial charge < -0.3 is 14.8 Å². The molecule has 2 aromatic carbocycles. The number of carbonyl (C=O) groups excluding carboxylic acids is 1. The van der Waals surface area contributed by atoms with E-state index in [4.69, 9.17) is 14.7 Å². The third-order valence-electron chi connectivity index (χ3n) is 4.11. The summed E-state index contributed by atoms with van der Waals surface area (Å²) >= 11 is 1.04. The van der Waals surface area contributed by atoms with Crippen LogP contribution < -0.4 is 14.8 Å². The Morgan fingerprint density at radius 3 is 2.59 bits per heavy atom. The van der Waals surface area contributed by atoms with Gasteiger partial charge in [0, 0.05) is 6.54 Å². The Morgan fingerprint density at radius 1 is 1.19 bits per heavy atom. The number of ether oxygens (including phenoxy) is 2. The molecule has 0 saturated carbocycles. The van der Waals surface area contributed by atoms with Gasteiger partial charge in [-0.15, -0.1) is 0 Å². The summed E-state index contributed by atoms with van der Waals surface area (Å²) in [7, 11) is 1.32. The second-order valence-corrected chi connectivity index (χ2v) is 7.31. The molecule has 6 nitrogen and oxygen atoms in total. The van der Waals surface area contributed by atoms with Crippen molar-refractivity contribution in [1.29, 1.82) is 5.26 Å². The monoisotopic (exact) mass is 465 g/mol. The lowest BCUT2D eigenvalue weighted by Crippen LogP contribution is -2.21. The van der Waals surface area contributed by atoms with Crippen molar-refractivity contribution in [2.24, 2.45) is 4.99 Å². The van der Waals surface area contributed by atoms with Crippen LogP contribution in [0, 0.1) is 11.3 Å². The molecule has 0 aliphatic carbocycles. The van der Waals surface area contributed by atoms with Gasteiger partial charge in [0.25, 0.3) is 5.91 Å². The molecule has 1 heterocycles. The summed E-state index contributed by atoms with van der Waals surface area (Å²) in [6.45, 7) is -0.581. The number of nitriles is 1. The van der Waals surface area contributed by atoms with Gasteiger partial charge in [-0.2, -0.15) is 23.4 Å². The quantitative estimate of drug-likeness (QED) is 0.482. The summed E-state index contributed by atoms with van der Waals surface area (Å²) in [5, 5.41) is 11.8. The van der Waals surface area contributed by atoms with Gasteiger partial charge in [-0.05, 0) is 53.7 Å². The maximum Gasteiger partial charge on any atom is 0.420 e. The number of benzene rings is 2. The standard InChI is InChI=1S/C21H15F4N3O3S/c1-30-17-9-12(10-18-19(29)28-20(32-18)27-7-6-22)2-5-16(17)31-15-4-3-13(11-26)8-14(15)21(23,24)25/h2-5,8-10H,6-7H2,1H3,(H,27,28,29)/b18-10-. The average molecular weight is 465 g/mol. The number of hydrogen-bond acceptors (Lipinski definition) is 6. The van der Waals surface area contributed by atoms with Gasteiger partial charge in [-0.3, -0.25) is 4.79 Å². The molecule has 1 amide bonds. The van der Waals surface area contributed by atoms with E-state index in [-0.39, 0.29) is 33.7 Å².